The number of benzene rings is 2. The fourth-order valence-electron chi connectivity index (χ4n) is 6.25. The van der Waals surface area contributed by atoms with Gasteiger partial charge in [-0.15, -0.1) is 0 Å². The predicted molar refractivity (Wildman–Crippen MR) is 131 cm³/mol. The van der Waals surface area contributed by atoms with E-state index < -0.39 is 18.1 Å². The van der Waals surface area contributed by atoms with Crippen molar-refractivity contribution < 1.29 is 19.1 Å². The van der Waals surface area contributed by atoms with Crippen LogP contribution in [0.25, 0.3) is 10.9 Å². The molecule has 1 saturated heterocycles. The summed E-state index contributed by atoms with van der Waals surface area (Å²) >= 11 is 0. The number of nitrogens with zero attached hydrogens (tertiary/aromatic N) is 2. The largest absolute Gasteiger partial charge is 0.465 e. The third-order valence-corrected chi connectivity index (χ3v) is 7.96. The van der Waals surface area contributed by atoms with Gasteiger partial charge < -0.3 is 19.5 Å². The second kappa shape index (κ2) is 8.56. The van der Waals surface area contributed by atoms with Crippen LogP contribution < -0.4 is 0 Å². The van der Waals surface area contributed by atoms with Crippen molar-refractivity contribution in [1.82, 2.24) is 14.8 Å². The van der Waals surface area contributed by atoms with Crippen molar-refractivity contribution in [2.75, 3.05) is 13.7 Å². The second-order valence-electron chi connectivity index (χ2n) is 9.86. The molecule has 1 saturated carbocycles. The number of esters is 1. The molecule has 35 heavy (non-hydrogen) atoms. The van der Waals surface area contributed by atoms with Crippen LogP contribution >= 0.6 is 0 Å². The van der Waals surface area contributed by atoms with Crippen LogP contribution in [0.2, 0.25) is 0 Å². The highest BCUT2D eigenvalue weighted by Gasteiger charge is 2.49. The van der Waals surface area contributed by atoms with E-state index >= 15 is 0 Å². The molecular weight excluding hydrogens is 442 g/mol. The number of hydrogen-bond acceptors (Lipinski definition) is 4. The number of methoxy groups -OCH3 is 1. The number of para-hydroxylation sites is 1. The van der Waals surface area contributed by atoms with Crippen molar-refractivity contribution in [3.63, 3.8) is 0 Å². The molecule has 6 rings (SSSR count). The predicted octanol–water partition coefficient (Wildman–Crippen LogP) is 3.97. The number of amides is 2. The van der Waals surface area contributed by atoms with E-state index in [1.165, 1.54) is 13.5 Å². The Morgan fingerprint density at radius 3 is 2.49 bits per heavy atom. The van der Waals surface area contributed by atoms with E-state index in [1.807, 2.05) is 35.2 Å². The summed E-state index contributed by atoms with van der Waals surface area (Å²) in [6.07, 6.45) is 5.87. The molecule has 0 spiro atoms. The maximum atomic E-state index is 13.9. The minimum absolute atomic E-state index is 0.0217. The van der Waals surface area contributed by atoms with E-state index in [0.29, 0.717) is 12.0 Å². The number of carbonyl (C=O) groups is 3. The Morgan fingerprint density at radius 2 is 1.74 bits per heavy atom. The fraction of sp³-hybridized carbons (Fsp3) is 0.393. The summed E-state index contributed by atoms with van der Waals surface area (Å²) < 4.78 is 4.84. The van der Waals surface area contributed by atoms with Crippen molar-refractivity contribution in [2.45, 2.75) is 56.7 Å². The summed E-state index contributed by atoms with van der Waals surface area (Å²) in [6, 6.07) is 14.5. The maximum absolute atomic E-state index is 13.9. The Morgan fingerprint density at radius 1 is 1.00 bits per heavy atom. The Balaban J connectivity index is 1.46. The van der Waals surface area contributed by atoms with Crippen molar-refractivity contribution in [2.24, 2.45) is 0 Å². The lowest BCUT2D eigenvalue weighted by atomic mass is 9.85. The Hall–Kier alpha value is -3.61. The monoisotopic (exact) mass is 471 g/mol. The maximum Gasteiger partial charge on any atom is 0.337 e. The third kappa shape index (κ3) is 3.52. The highest BCUT2D eigenvalue weighted by atomic mass is 16.5. The molecule has 3 heterocycles. The average molecular weight is 472 g/mol. The van der Waals surface area contributed by atoms with Gasteiger partial charge in [-0.05, 0) is 42.2 Å². The molecule has 1 aromatic heterocycles. The van der Waals surface area contributed by atoms with Crippen LogP contribution in [0.15, 0.2) is 48.5 Å². The third-order valence-electron chi connectivity index (χ3n) is 7.96. The number of ether oxygens (including phenoxy) is 1. The standard InChI is InChI=1S/C28H29N3O4/c1-35-28(34)18-13-11-17(12-14-18)26-25-21(20-9-5-6-10-22(20)29-25)15-23-27(33)30(16-24(32)31(23)26)19-7-3-2-4-8-19/h5-6,9-14,19,23,26,29H,2-4,7-8,15-16H2,1H3/t23-,26-/m0/s1. The van der Waals surface area contributed by atoms with Gasteiger partial charge in [0.15, 0.2) is 0 Å². The van der Waals surface area contributed by atoms with Crippen molar-refractivity contribution in [1.29, 1.82) is 0 Å². The normalized spacial score (nSPS) is 22.8. The first kappa shape index (κ1) is 21.9. The number of hydrogen-bond donors (Lipinski definition) is 1. The lowest BCUT2D eigenvalue weighted by Gasteiger charge is -2.49. The van der Waals surface area contributed by atoms with E-state index in [-0.39, 0.29) is 24.4 Å². The number of fused-ring (bicyclic) bond motifs is 4. The molecule has 2 fully saturated rings. The average Bonchev–Trinajstić information content (AvgIpc) is 3.28. The van der Waals surface area contributed by atoms with Gasteiger partial charge in [-0.2, -0.15) is 0 Å². The molecule has 1 N–H and O–H groups in total. The molecule has 0 unspecified atom stereocenters. The molecule has 3 aromatic rings. The SMILES string of the molecule is COC(=O)c1ccc([C@H]2c3[nH]c4ccccc4c3C[C@H]3C(=O)N(C4CCCCC4)CC(=O)N23)cc1. The van der Waals surface area contributed by atoms with Crippen molar-refractivity contribution in [3.8, 4) is 0 Å². The number of aromatic amines is 1. The van der Waals surface area contributed by atoms with Crippen LogP contribution in [0.3, 0.4) is 0 Å². The zero-order valence-electron chi connectivity index (χ0n) is 19.8. The molecule has 2 amide bonds. The molecule has 0 radical (unpaired) electrons. The number of nitrogens with one attached hydrogen (secondary N) is 1. The number of rotatable bonds is 3. The van der Waals surface area contributed by atoms with Gasteiger partial charge in [0, 0.05) is 29.1 Å². The smallest absolute Gasteiger partial charge is 0.337 e. The molecule has 7 heteroatoms. The molecule has 2 aromatic carbocycles. The van der Waals surface area contributed by atoms with E-state index in [9.17, 15) is 14.4 Å². The first-order chi connectivity index (χ1) is 17.1. The van der Waals surface area contributed by atoms with Gasteiger partial charge in [-0.25, -0.2) is 4.79 Å². The minimum atomic E-state index is -0.532. The minimum Gasteiger partial charge on any atom is -0.465 e. The lowest BCUT2D eigenvalue weighted by Crippen LogP contribution is -2.65. The van der Waals surface area contributed by atoms with Gasteiger partial charge in [0.2, 0.25) is 11.8 Å². The van der Waals surface area contributed by atoms with Crippen LogP contribution in [0, 0.1) is 0 Å². The molecule has 2 atom stereocenters. The molecule has 1 aliphatic carbocycles. The van der Waals surface area contributed by atoms with Crippen LogP contribution in [0.1, 0.15) is 65.3 Å². The molecule has 3 aliphatic rings. The van der Waals surface area contributed by atoms with Gasteiger partial charge in [0.1, 0.15) is 12.6 Å². The van der Waals surface area contributed by atoms with Crippen LogP contribution in [-0.4, -0.2) is 58.3 Å². The van der Waals surface area contributed by atoms with Gasteiger partial charge in [0.25, 0.3) is 0 Å². The second-order valence-corrected chi connectivity index (χ2v) is 9.86. The van der Waals surface area contributed by atoms with Crippen LogP contribution in [0.4, 0.5) is 0 Å². The molecule has 7 nitrogen and oxygen atoms in total. The summed E-state index contributed by atoms with van der Waals surface area (Å²) in [5.74, 6) is -0.369. The highest BCUT2D eigenvalue weighted by Crippen LogP contribution is 2.43. The zero-order valence-corrected chi connectivity index (χ0v) is 19.8. The summed E-state index contributed by atoms with van der Waals surface area (Å²) in [7, 11) is 1.36. The van der Waals surface area contributed by atoms with Crippen molar-refractivity contribution >= 4 is 28.7 Å². The lowest BCUT2D eigenvalue weighted by molar-refractivity contribution is -0.161. The van der Waals surface area contributed by atoms with Gasteiger partial charge in [0.05, 0.1) is 18.7 Å². The Labute approximate surface area is 204 Å². The molecule has 180 valence electrons. The Bertz CT molecular complexity index is 1310. The summed E-state index contributed by atoms with van der Waals surface area (Å²) in [4.78, 5) is 46.8. The van der Waals surface area contributed by atoms with E-state index in [0.717, 1.165) is 53.4 Å². The first-order valence-electron chi connectivity index (χ1n) is 12.5. The van der Waals surface area contributed by atoms with Gasteiger partial charge in [-0.1, -0.05) is 49.6 Å². The summed E-state index contributed by atoms with van der Waals surface area (Å²) in [5, 5.41) is 1.09. The fourth-order valence-corrected chi connectivity index (χ4v) is 6.25. The molecule has 0 bridgehead atoms. The number of piperazine rings is 1. The molecular formula is C28H29N3O4. The van der Waals surface area contributed by atoms with E-state index in [4.69, 9.17) is 4.74 Å². The zero-order chi connectivity index (χ0) is 24.1. The van der Waals surface area contributed by atoms with Crippen LogP contribution in [0.5, 0.6) is 0 Å². The number of carbonyl (C=O) groups excluding carboxylic acids is 3. The molecule has 2 aliphatic heterocycles. The first-order valence-corrected chi connectivity index (χ1v) is 12.5. The number of aromatic nitrogens is 1. The van der Waals surface area contributed by atoms with E-state index in [2.05, 4.69) is 11.1 Å². The number of H-pyrrole nitrogens is 1. The topological polar surface area (TPSA) is 82.7 Å². The Kier molecular flexibility index (Phi) is 5.35. The van der Waals surface area contributed by atoms with E-state index in [1.54, 1.807) is 17.0 Å². The summed E-state index contributed by atoms with van der Waals surface area (Å²) in [5.41, 5.74) is 4.35. The van der Waals surface area contributed by atoms with Gasteiger partial charge >= 0.3 is 5.97 Å². The van der Waals surface area contributed by atoms with Gasteiger partial charge in [-0.3, -0.25) is 9.59 Å². The van der Waals surface area contributed by atoms with Crippen molar-refractivity contribution in [3.05, 3.63) is 70.9 Å². The van der Waals surface area contributed by atoms with Crippen LogP contribution in [-0.2, 0) is 20.7 Å². The quantitative estimate of drug-likeness (QED) is 0.586. The summed E-state index contributed by atoms with van der Waals surface area (Å²) in [6.45, 7) is 0.131. The highest BCUT2D eigenvalue weighted by molar-refractivity contribution is 5.98.